The number of ether oxygens (including phenoxy) is 1. The van der Waals surface area contributed by atoms with Gasteiger partial charge in [-0.1, -0.05) is 17.7 Å². The van der Waals surface area contributed by atoms with Gasteiger partial charge >= 0.3 is 0 Å². The largest absolute Gasteiger partial charge is 0.508 e. The number of hydrogen-bond acceptors (Lipinski definition) is 12. The number of fused-ring (bicyclic) bond motifs is 1. The monoisotopic (exact) mass is 712 g/mol. The number of allylic oxidation sites excluding steroid dienone is 2. The smallest absolute Gasteiger partial charge is 0.174 e. The molecule has 0 bridgehead atoms. The second-order valence-electron chi connectivity index (χ2n) is 14.2. The van der Waals surface area contributed by atoms with Crippen molar-refractivity contribution in [3.63, 3.8) is 0 Å². The number of phenolic OH excluding ortho intramolecular Hbond substituents is 8. The van der Waals surface area contributed by atoms with Gasteiger partial charge in [0.15, 0.2) is 11.6 Å². The molecule has 3 unspecified atom stereocenters. The van der Waals surface area contributed by atoms with Crippen LogP contribution in [0.15, 0.2) is 72.3 Å². The van der Waals surface area contributed by atoms with Gasteiger partial charge in [-0.05, 0) is 75.4 Å². The standard InChI is InChI=1S/C40H40O12/c1-40(2,51)11-3-4-19-12-26(23-8-5-20(41)14-28(23)44)35(38(49)25-10-7-22(43)16-30(25)46)27(13-19)36-31(47)18-34-37(39(36)50)32(48)17-33(52-34)24-9-6-21(42)15-29(24)45/h5-10,13-16,18,26-27,33,35,41-47,50-51H,3-4,11-12,17H2,1-2H3/t26?,27?,33?,35-/m1/s1. The first-order valence-corrected chi connectivity index (χ1v) is 16.8. The van der Waals surface area contributed by atoms with Gasteiger partial charge < -0.3 is 50.7 Å². The summed E-state index contributed by atoms with van der Waals surface area (Å²) in [4.78, 5) is 28.3. The van der Waals surface area contributed by atoms with Gasteiger partial charge in [0, 0.05) is 53.1 Å². The topological polar surface area (TPSA) is 225 Å². The highest BCUT2D eigenvalue weighted by atomic mass is 16.5. The van der Waals surface area contributed by atoms with Crippen molar-refractivity contribution >= 4 is 11.6 Å². The molecule has 1 heterocycles. The number of rotatable bonds is 9. The van der Waals surface area contributed by atoms with E-state index in [4.69, 9.17) is 4.74 Å². The maximum absolute atomic E-state index is 14.6. The highest BCUT2D eigenvalue weighted by Gasteiger charge is 2.45. The van der Waals surface area contributed by atoms with Crippen LogP contribution in [-0.4, -0.2) is 63.1 Å². The predicted molar refractivity (Wildman–Crippen MR) is 188 cm³/mol. The zero-order valence-corrected chi connectivity index (χ0v) is 28.4. The van der Waals surface area contributed by atoms with Crippen LogP contribution in [0.25, 0.3) is 0 Å². The summed E-state index contributed by atoms with van der Waals surface area (Å²) < 4.78 is 6.01. The SMILES string of the molecule is CC(C)(O)CCCC1=CC(c2c(O)cc3c(c2O)C(=O)CC(c2ccc(O)cc2O)O3)[C@H](C(=O)c2ccc(O)cc2O)C(c2ccc(O)cc2O)C1. The fourth-order valence-corrected chi connectivity index (χ4v) is 7.47. The lowest BCUT2D eigenvalue weighted by molar-refractivity contribution is 0.0687. The lowest BCUT2D eigenvalue weighted by Crippen LogP contribution is -2.32. The molecule has 4 aromatic carbocycles. The summed E-state index contributed by atoms with van der Waals surface area (Å²) in [5.41, 5.74) is -0.367. The lowest BCUT2D eigenvalue weighted by Gasteiger charge is -2.38. The van der Waals surface area contributed by atoms with Gasteiger partial charge in [-0.3, -0.25) is 9.59 Å². The van der Waals surface area contributed by atoms with E-state index in [1.807, 2.05) is 0 Å². The van der Waals surface area contributed by atoms with Gasteiger partial charge in [-0.25, -0.2) is 0 Å². The van der Waals surface area contributed by atoms with Gasteiger partial charge in [-0.2, -0.15) is 0 Å². The maximum Gasteiger partial charge on any atom is 0.174 e. The highest BCUT2D eigenvalue weighted by molar-refractivity contribution is 6.04. The number of carbonyl (C=O) groups excluding carboxylic acids is 2. The molecule has 9 N–H and O–H groups in total. The van der Waals surface area contributed by atoms with Gasteiger partial charge in [-0.15, -0.1) is 0 Å². The highest BCUT2D eigenvalue weighted by Crippen LogP contribution is 2.56. The van der Waals surface area contributed by atoms with E-state index in [0.29, 0.717) is 19.3 Å². The molecule has 0 fully saturated rings. The van der Waals surface area contributed by atoms with Crippen molar-refractivity contribution in [3.05, 3.63) is 100 Å². The Morgan fingerprint density at radius 1 is 0.769 bits per heavy atom. The molecule has 0 saturated heterocycles. The number of carbonyl (C=O) groups is 2. The zero-order valence-electron chi connectivity index (χ0n) is 28.4. The molecule has 52 heavy (non-hydrogen) atoms. The zero-order chi connectivity index (χ0) is 37.6. The van der Waals surface area contributed by atoms with Crippen LogP contribution in [0.3, 0.4) is 0 Å². The third kappa shape index (κ3) is 7.02. The average molecular weight is 713 g/mol. The van der Waals surface area contributed by atoms with Crippen molar-refractivity contribution in [2.45, 2.75) is 69.5 Å². The Labute approximate surface area is 298 Å². The summed E-state index contributed by atoms with van der Waals surface area (Å²) in [5, 5.41) is 96.0. The van der Waals surface area contributed by atoms with E-state index in [9.17, 15) is 55.5 Å². The molecule has 0 aromatic heterocycles. The number of hydrogen-bond donors (Lipinski definition) is 9. The van der Waals surface area contributed by atoms with Crippen molar-refractivity contribution in [1.82, 2.24) is 0 Å². The number of ketones is 2. The molecular formula is C40H40O12. The van der Waals surface area contributed by atoms with E-state index in [1.54, 1.807) is 19.9 Å². The van der Waals surface area contributed by atoms with Crippen molar-refractivity contribution in [3.8, 4) is 51.7 Å². The summed E-state index contributed by atoms with van der Waals surface area (Å²) in [7, 11) is 0. The summed E-state index contributed by atoms with van der Waals surface area (Å²) >= 11 is 0. The Morgan fingerprint density at radius 2 is 1.37 bits per heavy atom. The molecule has 12 heteroatoms. The quantitative estimate of drug-likeness (QED) is 0.0655. The number of Topliss-reactive ketones (excluding diaryl/α,β-unsaturated/α-hetero) is 2. The average Bonchev–Trinajstić information content (AvgIpc) is 3.03. The fourth-order valence-electron chi connectivity index (χ4n) is 7.47. The Morgan fingerprint density at radius 3 is 1.96 bits per heavy atom. The fraction of sp³-hybridized carbons (Fsp3) is 0.300. The molecule has 0 amide bonds. The molecule has 4 atom stereocenters. The van der Waals surface area contributed by atoms with Crippen LogP contribution in [0, 0.1) is 5.92 Å². The summed E-state index contributed by atoms with van der Waals surface area (Å²) in [6.45, 7) is 3.36. The van der Waals surface area contributed by atoms with Crippen LogP contribution in [0.2, 0.25) is 0 Å². The molecule has 6 rings (SSSR count). The first kappa shape index (κ1) is 35.9. The van der Waals surface area contributed by atoms with Crippen LogP contribution in [0.1, 0.15) is 101 Å². The molecule has 4 aromatic rings. The van der Waals surface area contributed by atoms with Crippen LogP contribution in [0.4, 0.5) is 0 Å². The molecule has 272 valence electrons. The molecule has 1 aliphatic carbocycles. The first-order chi connectivity index (χ1) is 24.5. The summed E-state index contributed by atoms with van der Waals surface area (Å²) in [5.74, 6) is -7.75. The molecule has 0 radical (unpaired) electrons. The second kappa shape index (κ2) is 13.7. The minimum atomic E-state index is -1.24. The van der Waals surface area contributed by atoms with Crippen molar-refractivity contribution in [2.75, 3.05) is 0 Å². The van der Waals surface area contributed by atoms with Crippen LogP contribution < -0.4 is 4.74 Å². The van der Waals surface area contributed by atoms with Gasteiger partial charge in [0.25, 0.3) is 0 Å². The van der Waals surface area contributed by atoms with Gasteiger partial charge in [0.2, 0.25) is 0 Å². The van der Waals surface area contributed by atoms with E-state index in [1.165, 1.54) is 36.4 Å². The third-order valence-corrected chi connectivity index (χ3v) is 9.86. The lowest BCUT2D eigenvalue weighted by atomic mass is 9.64. The number of aromatic hydroxyl groups is 8. The van der Waals surface area contributed by atoms with Crippen LogP contribution >= 0.6 is 0 Å². The second-order valence-corrected chi connectivity index (χ2v) is 14.2. The predicted octanol–water partition coefficient (Wildman–Crippen LogP) is 6.68. The summed E-state index contributed by atoms with van der Waals surface area (Å²) in [6, 6.07) is 12.4. The van der Waals surface area contributed by atoms with Crippen LogP contribution in [0.5, 0.6) is 51.7 Å². The Hall–Kier alpha value is -5.88. The van der Waals surface area contributed by atoms with E-state index >= 15 is 0 Å². The van der Waals surface area contributed by atoms with Crippen molar-refractivity contribution in [1.29, 1.82) is 0 Å². The van der Waals surface area contributed by atoms with E-state index in [-0.39, 0.29) is 75.2 Å². The minimum Gasteiger partial charge on any atom is -0.508 e. The number of aliphatic hydroxyl groups is 1. The number of benzene rings is 4. The molecule has 2 aliphatic rings. The molecule has 1 aliphatic heterocycles. The van der Waals surface area contributed by atoms with E-state index in [0.717, 1.165) is 29.8 Å². The molecular weight excluding hydrogens is 672 g/mol. The van der Waals surface area contributed by atoms with Gasteiger partial charge in [0.05, 0.1) is 17.6 Å². The number of phenols is 8. The maximum atomic E-state index is 14.6. The third-order valence-electron chi connectivity index (χ3n) is 9.86. The van der Waals surface area contributed by atoms with Crippen LogP contribution in [-0.2, 0) is 0 Å². The molecule has 0 spiro atoms. The molecule has 12 nitrogen and oxygen atoms in total. The van der Waals surface area contributed by atoms with E-state index < -0.39 is 58.3 Å². The Bertz CT molecular complexity index is 2090. The van der Waals surface area contributed by atoms with Crippen molar-refractivity contribution < 1.29 is 60.3 Å². The Kier molecular flexibility index (Phi) is 9.45. The summed E-state index contributed by atoms with van der Waals surface area (Å²) in [6.07, 6.45) is 1.94. The minimum absolute atomic E-state index is 0.176. The van der Waals surface area contributed by atoms with Crippen molar-refractivity contribution in [2.24, 2.45) is 5.92 Å². The molecule has 0 saturated carbocycles. The first-order valence-electron chi connectivity index (χ1n) is 16.8. The Balaban J connectivity index is 1.52. The normalized spacial score (nSPS) is 20.1. The van der Waals surface area contributed by atoms with Gasteiger partial charge in [0.1, 0.15) is 63.4 Å². The van der Waals surface area contributed by atoms with E-state index in [2.05, 4.69) is 0 Å².